The second-order valence-corrected chi connectivity index (χ2v) is 18.8. The van der Waals surface area contributed by atoms with E-state index in [1.165, 1.54) is 7.11 Å². The molecule has 9 nitrogen and oxygen atoms in total. The van der Waals surface area contributed by atoms with Crippen LogP contribution in [-0.4, -0.2) is 82.8 Å². The first kappa shape index (κ1) is 53.9. The Hall–Kier alpha value is -5.49. The molecule has 2 fully saturated rings. The summed E-state index contributed by atoms with van der Waals surface area (Å²) >= 11 is 5.55. The first-order valence-corrected chi connectivity index (χ1v) is 25.3. The number of hydrogen-bond donors (Lipinski definition) is 5. The van der Waals surface area contributed by atoms with Gasteiger partial charge in [0.1, 0.15) is 11.2 Å². The summed E-state index contributed by atoms with van der Waals surface area (Å²) in [6.07, 6.45) is 5.80. The van der Waals surface area contributed by atoms with E-state index in [9.17, 15) is 30.0 Å². The number of piperidine rings is 2. The molecular weight excluding hydrogens is 896 g/mol. The van der Waals surface area contributed by atoms with Crippen molar-refractivity contribution in [2.45, 2.75) is 81.7 Å². The van der Waals surface area contributed by atoms with Crippen molar-refractivity contribution in [1.82, 2.24) is 10.2 Å². The van der Waals surface area contributed by atoms with E-state index in [4.69, 9.17) is 11.6 Å². The van der Waals surface area contributed by atoms with Crippen molar-refractivity contribution in [3.05, 3.63) is 214 Å². The molecule has 6 aromatic rings. The van der Waals surface area contributed by atoms with Crippen LogP contribution in [0.1, 0.15) is 125 Å². The second-order valence-electron chi connectivity index (χ2n) is 18.4. The Balaban J connectivity index is 0.000000189. The summed E-state index contributed by atoms with van der Waals surface area (Å²) in [5.41, 5.74) is 4.84. The lowest BCUT2D eigenvalue weighted by atomic mass is 9.72. The number of esters is 1. The van der Waals surface area contributed by atoms with Gasteiger partial charge in [-0.15, -0.1) is 11.6 Å². The molecule has 0 spiro atoms. The molecule has 70 heavy (non-hydrogen) atoms. The highest BCUT2D eigenvalue weighted by atomic mass is 35.5. The molecule has 2 heterocycles. The summed E-state index contributed by atoms with van der Waals surface area (Å²) in [7, 11) is 1.34. The maximum absolute atomic E-state index is 12.0. The number of carbonyl (C=O) groups is 2. The van der Waals surface area contributed by atoms with E-state index in [0.717, 1.165) is 105 Å². The zero-order chi connectivity index (χ0) is 49.8. The lowest BCUT2D eigenvalue weighted by Crippen LogP contribution is -2.44. The molecule has 0 saturated carbocycles. The fraction of sp³-hybridized carbons (Fsp3) is 0.367. The number of carbonyl (C=O) groups excluding carboxylic acids is 2. The number of ketones is 1. The van der Waals surface area contributed by atoms with Crippen LogP contribution in [-0.2, 0) is 15.9 Å². The molecule has 2 atom stereocenters. The van der Waals surface area contributed by atoms with Crippen molar-refractivity contribution >= 4 is 23.4 Å². The standard InChI is InChI=1S/C30H35NO3.C18H21NO.C12H15ClO3/c1-23(32)24-14-16-25(17-15-24)29(33)13-8-20-31-21-18-28(19-22-31)30(34,26-9-4-2-5-10-26)27-11-6-3-7-12-27;20-18(15-7-3-1-4-8-15,16-9-5-2-6-10-16)17-11-13-19-14-12-17;1-16-12(15)10-6-4-9(5-7-10)11(14)3-2-8-13/h2-7,9-12,14-17,28-29,33-34H,8,13,18-22H2,1H3;1-10,17,19-20H,11-14H2;4-7,11,14H,2-3,8H2,1H3. The van der Waals surface area contributed by atoms with E-state index < -0.39 is 23.4 Å². The van der Waals surface area contributed by atoms with Gasteiger partial charge in [-0.1, -0.05) is 158 Å². The summed E-state index contributed by atoms with van der Waals surface area (Å²) in [4.78, 5) is 25.0. The van der Waals surface area contributed by atoms with Gasteiger partial charge in [-0.2, -0.15) is 0 Å². The van der Waals surface area contributed by atoms with E-state index in [-0.39, 0.29) is 23.6 Å². The van der Waals surface area contributed by atoms with Gasteiger partial charge in [-0.25, -0.2) is 4.79 Å². The van der Waals surface area contributed by atoms with E-state index in [1.54, 1.807) is 43.3 Å². The number of aliphatic hydroxyl groups is 4. The van der Waals surface area contributed by atoms with Gasteiger partial charge in [0.15, 0.2) is 5.78 Å². The summed E-state index contributed by atoms with van der Waals surface area (Å²) < 4.78 is 4.58. The summed E-state index contributed by atoms with van der Waals surface area (Å²) in [6.45, 7) is 6.32. The number of aliphatic hydroxyl groups excluding tert-OH is 2. The predicted octanol–water partition coefficient (Wildman–Crippen LogP) is 10.8. The minimum atomic E-state index is -0.989. The summed E-state index contributed by atoms with van der Waals surface area (Å²) in [5.74, 6) is 0.613. The van der Waals surface area contributed by atoms with Gasteiger partial charge in [0.25, 0.3) is 0 Å². The van der Waals surface area contributed by atoms with Gasteiger partial charge in [0.2, 0.25) is 0 Å². The molecule has 2 aliphatic heterocycles. The molecule has 8 rings (SSSR count). The lowest BCUT2D eigenvalue weighted by molar-refractivity contribution is -0.0146. The van der Waals surface area contributed by atoms with Gasteiger partial charge in [0, 0.05) is 11.4 Å². The molecule has 5 N–H and O–H groups in total. The highest BCUT2D eigenvalue weighted by Crippen LogP contribution is 2.43. The van der Waals surface area contributed by atoms with Gasteiger partial charge in [-0.3, -0.25) is 4.79 Å². The van der Waals surface area contributed by atoms with Crippen molar-refractivity contribution in [1.29, 1.82) is 0 Å². The number of nitrogens with one attached hydrogen (secondary N) is 1. The highest BCUT2D eigenvalue weighted by Gasteiger charge is 2.42. The third-order valence-electron chi connectivity index (χ3n) is 13.9. The van der Waals surface area contributed by atoms with Gasteiger partial charge in [-0.05, 0) is 148 Å². The van der Waals surface area contributed by atoms with Crippen molar-refractivity contribution in [3.63, 3.8) is 0 Å². The van der Waals surface area contributed by atoms with E-state index in [0.29, 0.717) is 29.8 Å². The van der Waals surface area contributed by atoms with Crippen LogP contribution < -0.4 is 5.32 Å². The first-order chi connectivity index (χ1) is 34.0. The van der Waals surface area contributed by atoms with Crippen LogP contribution in [0.15, 0.2) is 170 Å². The largest absolute Gasteiger partial charge is 0.465 e. The molecule has 0 aromatic heterocycles. The number of methoxy groups -OCH3 is 1. The number of likely N-dealkylation sites (tertiary alicyclic amines) is 1. The van der Waals surface area contributed by atoms with E-state index >= 15 is 0 Å². The molecule has 10 heteroatoms. The molecule has 2 unspecified atom stereocenters. The Morgan fingerprint density at radius 2 is 0.957 bits per heavy atom. The third-order valence-corrected chi connectivity index (χ3v) is 14.2. The fourth-order valence-corrected chi connectivity index (χ4v) is 10.0. The first-order valence-electron chi connectivity index (χ1n) is 24.8. The van der Waals surface area contributed by atoms with Gasteiger partial charge in [0.05, 0.1) is 24.9 Å². The SMILES string of the molecule is CC(=O)c1ccc(C(O)CCCN2CCC(C(O)(c3ccccc3)c3ccccc3)CC2)cc1.COC(=O)c1ccc(C(O)CCCCl)cc1.OC(c1ccccc1)(c1ccccc1)C1CCNCC1. The van der Waals surface area contributed by atoms with Crippen LogP contribution in [0.2, 0.25) is 0 Å². The number of Topliss-reactive ketones (excluding diaryl/α,β-unsaturated/α-hetero) is 1. The molecule has 0 radical (unpaired) electrons. The maximum atomic E-state index is 12.0. The zero-order valence-corrected chi connectivity index (χ0v) is 41.5. The van der Waals surface area contributed by atoms with E-state index in [1.807, 2.05) is 133 Å². The number of alkyl halides is 1. The Labute approximate surface area is 420 Å². The molecule has 0 aliphatic carbocycles. The molecule has 2 aliphatic rings. The topological polar surface area (TPSA) is 140 Å². The second kappa shape index (κ2) is 27.2. The minimum absolute atomic E-state index is 0.0378. The molecule has 370 valence electrons. The van der Waals surface area contributed by atoms with Crippen LogP contribution in [0.5, 0.6) is 0 Å². The Morgan fingerprint density at radius 1 is 0.586 bits per heavy atom. The smallest absolute Gasteiger partial charge is 0.337 e. The molecule has 0 bridgehead atoms. The quantitative estimate of drug-likeness (QED) is 0.0343. The number of rotatable bonds is 17. The minimum Gasteiger partial charge on any atom is -0.465 e. The van der Waals surface area contributed by atoms with Crippen molar-refractivity contribution in [2.24, 2.45) is 11.8 Å². The monoisotopic (exact) mass is 966 g/mol. The third kappa shape index (κ3) is 14.3. The average Bonchev–Trinajstić information content (AvgIpc) is 3.43. The number of benzene rings is 6. The summed E-state index contributed by atoms with van der Waals surface area (Å²) in [6, 6.07) is 54.3. The maximum Gasteiger partial charge on any atom is 0.337 e. The van der Waals surface area contributed by atoms with Gasteiger partial charge >= 0.3 is 5.97 Å². The molecule has 2 saturated heterocycles. The van der Waals surface area contributed by atoms with Crippen LogP contribution in [0.4, 0.5) is 0 Å². The number of hydrogen-bond acceptors (Lipinski definition) is 9. The normalized spacial score (nSPS) is 15.6. The number of ether oxygens (including phenoxy) is 1. The Kier molecular flexibility index (Phi) is 20.9. The van der Waals surface area contributed by atoms with E-state index in [2.05, 4.69) is 15.0 Å². The highest BCUT2D eigenvalue weighted by molar-refractivity contribution is 6.17. The number of halogens is 1. The van der Waals surface area contributed by atoms with Gasteiger partial charge < -0.3 is 35.4 Å². The van der Waals surface area contributed by atoms with Crippen molar-refractivity contribution in [3.8, 4) is 0 Å². The predicted molar refractivity (Wildman–Crippen MR) is 280 cm³/mol. The average molecular weight is 968 g/mol. The lowest BCUT2D eigenvalue weighted by Gasteiger charge is -2.42. The molecular formula is C60H71ClN2O7. The van der Waals surface area contributed by atoms with Crippen LogP contribution in [0.3, 0.4) is 0 Å². The van der Waals surface area contributed by atoms with Crippen LogP contribution in [0.25, 0.3) is 0 Å². The number of nitrogens with zero attached hydrogens (tertiary/aromatic N) is 1. The zero-order valence-electron chi connectivity index (χ0n) is 40.7. The fourth-order valence-electron chi connectivity index (χ4n) is 9.87. The molecule has 6 aromatic carbocycles. The Bertz CT molecular complexity index is 2350. The molecule has 0 amide bonds. The van der Waals surface area contributed by atoms with Crippen LogP contribution in [0, 0.1) is 11.8 Å². The van der Waals surface area contributed by atoms with Crippen molar-refractivity contribution < 1.29 is 34.8 Å². The summed E-state index contributed by atoms with van der Waals surface area (Å²) in [5, 5.41) is 47.3. The Morgan fingerprint density at radius 3 is 1.33 bits per heavy atom. The van der Waals surface area contributed by atoms with Crippen molar-refractivity contribution in [2.75, 3.05) is 45.7 Å². The van der Waals surface area contributed by atoms with Crippen LogP contribution >= 0.6 is 11.6 Å².